The molecule has 2 rings (SSSR count). The van der Waals surface area contributed by atoms with Crippen molar-refractivity contribution in [1.29, 1.82) is 0 Å². The molecule has 2 bridgehead atoms. The van der Waals surface area contributed by atoms with Crippen molar-refractivity contribution in [3.63, 3.8) is 0 Å². The highest BCUT2D eigenvalue weighted by Gasteiger charge is 2.29. The first-order valence-corrected chi connectivity index (χ1v) is 5.75. The minimum atomic E-state index is 0.741. The largest absolute Gasteiger partial charge is 0.301 e. The van der Waals surface area contributed by atoms with Crippen LogP contribution in [0.5, 0.6) is 0 Å². The van der Waals surface area contributed by atoms with Gasteiger partial charge in [0.25, 0.3) is 0 Å². The van der Waals surface area contributed by atoms with Gasteiger partial charge >= 0.3 is 0 Å². The first kappa shape index (κ1) is 9.47. The lowest BCUT2D eigenvalue weighted by molar-refractivity contribution is 0.0593. The van der Waals surface area contributed by atoms with E-state index < -0.39 is 0 Å². The lowest BCUT2D eigenvalue weighted by atomic mass is 10.1. The van der Waals surface area contributed by atoms with Crippen molar-refractivity contribution in [2.45, 2.75) is 45.2 Å². The summed E-state index contributed by atoms with van der Waals surface area (Å²) >= 11 is 0. The fraction of sp³-hybridized carbons (Fsp3) is 1.00. The summed E-state index contributed by atoms with van der Waals surface area (Å²) in [5.74, 6) is 0. The van der Waals surface area contributed by atoms with E-state index in [1.54, 1.807) is 0 Å². The second kappa shape index (κ2) is 3.97. The SMILES string of the molecule is CC(C)N1CCN2CCCCC1C2. The third-order valence-electron chi connectivity index (χ3n) is 3.54. The van der Waals surface area contributed by atoms with Gasteiger partial charge in [0, 0.05) is 31.7 Å². The summed E-state index contributed by atoms with van der Waals surface area (Å²) in [5, 5.41) is 0. The van der Waals surface area contributed by atoms with Crippen molar-refractivity contribution in [2.24, 2.45) is 0 Å². The highest BCUT2D eigenvalue weighted by atomic mass is 15.3. The Hall–Kier alpha value is -0.0800. The van der Waals surface area contributed by atoms with Crippen LogP contribution in [-0.2, 0) is 0 Å². The van der Waals surface area contributed by atoms with Crippen molar-refractivity contribution < 1.29 is 0 Å². The van der Waals surface area contributed by atoms with E-state index in [1.165, 1.54) is 45.4 Å². The molecular weight excluding hydrogens is 160 g/mol. The fourth-order valence-corrected chi connectivity index (χ4v) is 2.79. The van der Waals surface area contributed by atoms with Gasteiger partial charge in [-0.2, -0.15) is 0 Å². The second-order valence-electron chi connectivity index (χ2n) is 4.78. The molecule has 0 amide bonds. The van der Waals surface area contributed by atoms with Gasteiger partial charge in [-0.3, -0.25) is 4.90 Å². The zero-order chi connectivity index (χ0) is 9.26. The summed E-state index contributed by atoms with van der Waals surface area (Å²) in [6.45, 7) is 9.94. The van der Waals surface area contributed by atoms with Crippen LogP contribution in [0.15, 0.2) is 0 Å². The normalized spacial score (nSPS) is 36.2. The first-order chi connectivity index (χ1) is 6.27. The zero-order valence-electron chi connectivity index (χ0n) is 9.00. The molecule has 2 atom stereocenters. The molecule has 2 unspecified atom stereocenters. The maximum absolute atomic E-state index is 2.70. The first-order valence-electron chi connectivity index (χ1n) is 5.75. The molecule has 13 heavy (non-hydrogen) atoms. The third kappa shape index (κ3) is 2.05. The number of rotatable bonds is 1. The second-order valence-corrected chi connectivity index (χ2v) is 4.78. The van der Waals surface area contributed by atoms with Crippen molar-refractivity contribution >= 4 is 0 Å². The van der Waals surface area contributed by atoms with Gasteiger partial charge in [-0.15, -0.1) is 0 Å². The molecule has 0 spiro atoms. The molecule has 2 fully saturated rings. The number of fused-ring (bicyclic) bond motifs is 2. The molecule has 0 saturated carbocycles. The predicted molar refractivity (Wildman–Crippen MR) is 55.9 cm³/mol. The lowest BCUT2D eigenvalue weighted by Crippen LogP contribution is -2.54. The van der Waals surface area contributed by atoms with Crippen LogP contribution >= 0.6 is 0 Å². The minimum absolute atomic E-state index is 0.741. The molecule has 2 heterocycles. The van der Waals surface area contributed by atoms with Gasteiger partial charge in [-0.05, 0) is 33.2 Å². The molecule has 2 aliphatic rings. The number of hydrogen-bond donors (Lipinski definition) is 0. The maximum Gasteiger partial charge on any atom is 0.0226 e. The van der Waals surface area contributed by atoms with Crippen LogP contribution in [-0.4, -0.2) is 48.1 Å². The van der Waals surface area contributed by atoms with Gasteiger partial charge in [0.15, 0.2) is 0 Å². The average molecular weight is 182 g/mol. The Balaban J connectivity index is 2.01. The van der Waals surface area contributed by atoms with Crippen LogP contribution in [0.2, 0.25) is 0 Å². The van der Waals surface area contributed by atoms with Crippen LogP contribution in [0.25, 0.3) is 0 Å². The Labute approximate surface area is 81.9 Å². The van der Waals surface area contributed by atoms with E-state index in [0.29, 0.717) is 0 Å². The molecule has 2 nitrogen and oxygen atoms in total. The molecular formula is C11H22N2. The lowest BCUT2D eigenvalue weighted by Gasteiger charge is -2.42. The summed E-state index contributed by atoms with van der Waals surface area (Å²) in [6.07, 6.45) is 4.28. The standard InChI is InChI=1S/C11H22N2/c1-10(2)13-8-7-12-6-4-3-5-11(13)9-12/h10-11H,3-9H2,1-2H3. The van der Waals surface area contributed by atoms with Crippen LogP contribution in [0.1, 0.15) is 33.1 Å². The van der Waals surface area contributed by atoms with E-state index >= 15 is 0 Å². The topological polar surface area (TPSA) is 6.48 Å². The van der Waals surface area contributed by atoms with Gasteiger partial charge in [0.05, 0.1) is 0 Å². The molecule has 0 N–H and O–H groups in total. The van der Waals surface area contributed by atoms with Gasteiger partial charge in [0.1, 0.15) is 0 Å². The fourth-order valence-electron chi connectivity index (χ4n) is 2.79. The third-order valence-corrected chi connectivity index (χ3v) is 3.54. The molecule has 0 aromatic rings. The maximum atomic E-state index is 2.70. The quantitative estimate of drug-likeness (QED) is 0.607. The van der Waals surface area contributed by atoms with Crippen LogP contribution in [0.4, 0.5) is 0 Å². The van der Waals surface area contributed by atoms with Crippen molar-refractivity contribution in [3.05, 3.63) is 0 Å². The highest BCUT2D eigenvalue weighted by Crippen LogP contribution is 2.21. The van der Waals surface area contributed by atoms with Crippen molar-refractivity contribution in [2.75, 3.05) is 26.2 Å². The molecule has 76 valence electrons. The highest BCUT2D eigenvalue weighted by molar-refractivity contribution is 4.86. The molecule has 0 aliphatic carbocycles. The van der Waals surface area contributed by atoms with E-state index in [1.807, 2.05) is 0 Å². The zero-order valence-corrected chi connectivity index (χ0v) is 9.00. The summed E-state index contributed by atoms with van der Waals surface area (Å²) in [5.41, 5.74) is 0. The van der Waals surface area contributed by atoms with E-state index in [2.05, 4.69) is 23.6 Å². The molecule has 0 aromatic heterocycles. The van der Waals surface area contributed by atoms with Crippen molar-refractivity contribution in [1.82, 2.24) is 9.80 Å². The Morgan fingerprint density at radius 1 is 1.08 bits per heavy atom. The molecule has 2 saturated heterocycles. The smallest absolute Gasteiger partial charge is 0.0226 e. The number of nitrogens with zero attached hydrogens (tertiary/aromatic N) is 2. The Kier molecular flexibility index (Phi) is 2.89. The monoisotopic (exact) mass is 182 g/mol. The van der Waals surface area contributed by atoms with Gasteiger partial charge in [0.2, 0.25) is 0 Å². The number of piperazine rings is 1. The van der Waals surface area contributed by atoms with Crippen LogP contribution in [0.3, 0.4) is 0 Å². The Bertz CT molecular complexity index is 167. The van der Waals surface area contributed by atoms with Gasteiger partial charge in [-0.25, -0.2) is 0 Å². The summed E-state index contributed by atoms with van der Waals surface area (Å²) in [6, 6.07) is 1.60. The van der Waals surface area contributed by atoms with Gasteiger partial charge in [-0.1, -0.05) is 6.42 Å². The molecule has 2 heteroatoms. The van der Waals surface area contributed by atoms with E-state index in [0.717, 1.165) is 12.1 Å². The van der Waals surface area contributed by atoms with Gasteiger partial charge < -0.3 is 4.90 Å². The van der Waals surface area contributed by atoms with Crippen molar-refractivity contribution in [3.8, 4) is 0 Å². The molecule has 2 aliphatic heterocycles. The van der Waals surface area contributed by atoms with E-state index in [-0.39, 0.29) is 0 Å². The van der Waals surface area contributed by atoms with E-state index in [9.17, 15) is 0 Å². The molecule has 0 aromatic carbocycles. The summed E-state index contributed by atoms with van der Waals surface area (Å²) in [7, 11) is 0. The van der Waals surface area contributed by atoms with Crippen LogP contribution in [0, 0.1) is 0 Å². The minimum Gasteiger partial charge on any atom is -0.301 e. The predicted octanol–water partition coefficient (Wildman–Crippen LogP) is 1.56. The summed E-state index contributed by atoms with van der Waals surface area (Å²) in [4.78, 5) is 5.35. The average Bonchev–Trinajstić information content (AvgIpc) is 2.28. The molecule has 0 radical (unpaired) electrons. The number of hydrogen-bond acceptors (Lipinski definition) is 2. The van der Waals surface area contributed by atoms with Crippen LogP contribution < -0.4 is 0 Å². The Morgan fingerprint density at radius 2 is 1.92 bits per heavy atom. The Morgan fingerprint density at radius 3 is 2.69 bits per heavy atom. The van der Waals surface area contributed by atoms with E-state index in [4.69, 9.17) is 0 Å². The summed E-state index contributed by atoms with van der Waals surface area (Å²) < 4.78 is 0.